The molecule has 1 aliphatic heterocycles. The van der Waals surface area contributed by atoms with Crippen molar-refractivity contribution < 1.29 is 4.39 Å². The Labute approximate surface area is 227 Å². The standard InChI is InChI=1S/C32H31FN6/c1-3-21(20-39-14-6-5-7-15-39)16-22(4-2)28-18-26-29(19-34-28)37-38-31(26)32-35-27-13-9-12-25(30(27)36-32)23-10-8-11-24(33)17-23/h3-4,8-13,16-19H,1,5-7,14-15,20H2,2H3,(H,35,36)(H,37,38)/b21-16+,22-4+. The Bertz CT molecular complexity index is 1720. The quantitative estimate of drug-likeness (QED) is 0.222. The van der Waals surface area contributed by atoms with Gasteiger partial charge in [-0.05, 0) is 79.9 Å². The highest BCUT2D eigenvalue weighted by atomic mass is 19.1. The van der Waals surface area contributed by atoms with Gasteiger partial charge >= 0.3 is 0 Å². The summed E-state index contributed by atoms with van der Waals surface area (Å²) in [6.45, 7) is 9.27. The lowest BCUT2D eigenvalue weighted by molar-refractivity contribution is 0.248. The molecule has 6 rings (SSSR count). The number of aromatic nitrogens is 5. The highest BCUT2D eigenvalue weighted by Gasteiger charge is 2.17. The van der Waals surface area contributed by atoms with Crippen LogP contribution < -0.4 is 0 Å². The summed E-state index contributed by atoms with van der Waals surface area (Å²) >= 11 is 0. The van der Waals surface area contributed by atoms with Crippen molar-refractivity contribution in [2.75, 3.05) is 19.6 Å². The van der Waals surface area contributed by atoms with E-state index >= 15 is 0 Å². The number of likely N-dealkylation sites (tertiary alicyclic amines) is 1. The predicted octanol–water partition coefficient (Wildman–Crippen LogP) is 7.31. The number of halogens is 1. The van der Waals surface area contributed by atoms with Crippen molar-refractivity contribution in [3.05, 3.63) is 96.6 Å². The number of para-hydroxylation sites is 1. The number of piperidine rings is 1. The third kappa shape index (κ3) is 5.05. The van der Waals surface area contributed by atoms with Crippen LogP contribution in [0.4, 0.5) is 4.39 Å². The first-order valence-electron chi connectivity index (χ1n) is 13.4. The number of allylic oxidation sites excluding steroid dienone is 3. The van der Waals surface area contributed by atoms with Gasteiger partial charge in [-0.25, -0.2) is 9.37 Å². The van der Waals surface area contributed by atoms with Crippen LogP contribution in [0.25, 0.3) is 50.2 Å². The van der Waals surface area contributed by atoms with E-state index in [1.807, 2.05) is 43.5 Å². The summed E-state index contributed by atoms with van der Waals surface area (Å²) in [6.07, 6.45) is 11.9. The van der Waals surface area contributed by atoms with E-state index in [0.29, 0.717) is 11.5 Å². The molecule has 2 aromatic carbocycles. The minimum absolute atomic E-state index is 0.275. The lowest BCUT2D eigenvalue weighted by atomic mass is 10.0. The van der Waals surface area contributed by atoms with Crippen molar-refractivity contribution in [2.45, 2.75) is 26.2 Å². The van der Waals surface area contributed by atoms with Gasteiger partial charge < -0.3 is 4.98 Å². The third-order valence-corrected chi connectivity index (χ3v) is 7.38. The molecule has 0 aliphatic carbocycles. The first-order valence-corrected chi connectivity index (χ1v) is 13.4. The van der Waals surface area contributed by atoms with Crippen LogP contribution in [-0.2, 0) is 0 Å². The lowest BCUT2D eigenvalue weighted by Gasteiger charge is -2.26. The van der Waals surface area contributed by atoms with Gasteiger partial charge in [0.25, 0.3) is 0 Å². The number of nitrogens with one attached hydrogen (secondary N) is 2. The fourth-order valence-electron chi connectivity index (χ4n) is 5.34. The molecule has 0 bridgehead atoms. The van der Waals surface area contributed by atoms with Crippen molar-refractivity contribution in [3.63, 3.8) is 0 Å². The molecule has 0 atom stereocenters. The van der Waals surface area contributed by atoms with Crippen LogP contribution in [0.3, 0.4) is 0 Å². The van der Waals surface area contributed by atoms with Crippen LogP contribution in [0.15, 0.2) is 85.1 Å². The number of imidazole rings is 1. The molecule has 1 saturated heterocycles. The number of hydrogen-bond acceptors (Lipinski definition) is 4. The molecule has 196 valence electrons. The molecule has 0 saturated carbocycles. The summed E-state index contributed by atoms with van der Waals surface area (Å²) in [6, 6.07) is 14.5. The molecule has 1 aliphatic rings. The number of benzene rings is 2. The summed E-state index contributed by atoms with van der Waals surface area (Å²) in [4.78, 5) is 15.5. The van der Waals surface area contributed by atoms with Gasteiger partial charge in [0.2, 0.25) is 0 Å². The van der Waals surface area contributed by atoms with E-state index in [2.05, 4.69) is 44.9 Å². The molecular weight excluding hydrogens is 487 g/mol. The first kappa shape index (κ1) is 24.9. The van der Waals surface area contributed by atoms with Crippen molar-refractivity contribution in [2.24, 2.45) is 0 Å². The molecule has 39 heavy (non-hydrogen) atoms. The molecule has 3 aromatic heterocycles. The number of nitrogens with zero attached hydrogens (tertiary/aromatic N) is 4. The maximum Gasteiger partial charge on any atom is 0.159 e. The number of fused-ring (bicyclic) bond motifs is 2. The lowest BCUT2D eigenvalue weighted by Crippen LogP contribution is -2.31. The summed E-state index contributed by atoms with van der Waals surface area (Å²) < 4.78 is 13.9. The monoisotopic (exact) mass is 518 g/mol. The zero-order valence-electron chi connectivity index (χ0n) is 22.0. The molecule has 0 unspecified atom stereocenters. The molecule has 1 fully saturated rings. The van der Waals surface area contributed by atoms with Crippen molar-refractivity contribution in [3.8, 4) is 22.6 Å². The van der Waals surface area contributed by atoms with E-state index < -0.39 is 0 Å². The fraction of sp³-hybridized carbons (Fsp3) is 0.219. The van der Waals surface area contributed by atoms with Gasteiger partial charge in [0.1, 0.15) is 11.5 Å². The van der Waals surface area contributed by atoms with Crippen LogP contribution in [0.1, 0.15) is 31.9 Å². The molecule has 4 heterocycles. The minimum atomic E-state index is -0.275. The highest BCUT2D eigenvalue weighted by Crippen LogP contribution is 2.32. The first-order chi connectivity index (χ1) is 19.1. The van der Waals surface area contributed by atoms with Gasteiger partial charge in [-0.1, -0.05) is 49.4 Å². The predicted molar refractivity (Wildman–Crippen MR) is 157 cm³/mol. The zero-order valence-corrected chi connectivity index (χ0v) is 22.0. The largest absolute Gasteiger partial charge is 0.337 e. The molecule has 0 radical (unpaired) electrons. The Balaban J connectivity index is 1.37. The molecular formula is C32H31FN6. The number of pyridine rings is 1. The summed E-state index contributed by atoms with van der Waals surface area (Å²) in [5.74, 6) is 0.370. The van der Waals surface area contributed by atoms with E-state index in [0.717, 1.165) is 64.0 Å². The van der Waals surface area contributed by atoms with E-state index in [1.165, 1.54) is 37.0 Å². The normalized spacial score (nSPS) is 15.3. The number of rotatable bonds is 7. The van der Waals surface area contributed by atoms with E-state index in [-0.39, 0.29) is 5.82 Å². The van der Waals surface area contributed by atoms with Crippen molar-refractivity contribution >= 4 is 27.5 Å². The number of H-pyrrole nitrogens is 2. The molecule has 2 N–H and O–H groups in total. The second-order valence-corrected chi connectivity index (χ2v) is 9.99. The second kappa shape index (κ2) is 10.8. The van der Waals surface area contributed by atoms with Crippen molar-refractivity contribution in [1.82, 2.24) is 30.0 Å². The highest BCUT2D eigenvalue weighted by molar-refractivity contribution is 5.97. The summed E-state index contributed by atoms with van der Waals surface area (Å²) in [5, 5.41) is 8.60. The maximum absolute atomic E-state index is 13.9. The molecule has 0 spiro atoms. The van der Waals surface area contributed by atoms with Gasteiger partial charge in [-0.3, -0.25) is 15.0 Å². The SMILES string of the molecule is C=C/C(=C\C(=C/C)c1cc2c(-c3nc4c(-c5cccc(F)c5)cccc4[nH]3)n[nH]c2cn1)CN1CCCCC1. The molecule has 7 heteroatoms. The average Bonchev–Trinajstić information content (AvgIpc) is 3.59. The van der Waals surface area contributed by atoms with Crippen LogP contribution in [0.2, 0.25) is 0 Å². The Morgan fingerprint density at radius 1 is 1.08 bits per heavy atom. The molecule has 6 nitrogen and oxygen atoms in total. The summed E-state index contributed by atoms with van der Waals surface area (Å²) in [7, 11) is 0. The molecule has 0 amide bonds. The van der Waals surface area contributed by atoms with Gasteiger partial charge in [-0.15, -0.1) is 0 Å². The van der Waals surface area contributed by atoms with Gasteiger partial charge in [0.15, 0.2) is 5.82 Å². The second-order valence-electron chi connectivity index (χ2n) is 9.99. The Morgan fingerprint density at radius 2 is 1.92 bits per heavy atom. The maximum atomic E-state index is 13.9. The molecule has 5 aromatic rings. The van der Waals surface area contributed by atoms with E-state index in [1.54, 1.807) is 6.07 Å². The fourth-order valence-corrected chi connectivity index (χ4v) is 5.34. The minimum Gasteiger partial charge on any atom is -0.337 e. The van der Waals surface area contributed by atoms with Crippen LogP contribution in [0.5, 0.6) is 0 Å². The Morgan fingerprint density at radius 3 is 2.72 bits per heavy atom. The van der Waals surface area contributed by atoms with Crippen LogP contribution in [0, 0.1) is 5.82 Å². The van der Waals surface area contributed by atoms with Gasteiger partial charge in [0, 0.05) is 17.5 Å². The topological polar surface area (TPSA) is 73.5 Å². The van der Waals surface area contributed by atoms with Gasteiger partial charge in [0.05, 0.1) is 28.4 Å². The van der Waals surface area contributed by atoms with Crippen LogP contribution >= 0.6 is 0 Å². The van der Waals surface area contributed by atoms with Crippen LogP contribution in [-0.4, -0.2) is 49.7 Å². The Kier molecular flexibility index (Phi) is 6.90. The zero-order chi connectivity index (χ0) is 26.8. The average molecular weight is 519 g/mol. The number of hydrogen-bond donors (Lipinski definition) is 2. The third-order valence-electron chi connectivity index (χ3n) is 7.38. The van der Waals surface area contributed by atoms with Gasteiger partial charge in [-0.2, -0.15) is 5.10 Å². The van der Waals surface area contributed by atoms with E-state index in [9.17, 15) is 4.39 Å². The smallest absolute Gasteiger partial charge is 0.159 e. The summed E-state index contributed by atoms with van der Waals surface area (Å²) in [5.41, 5.74) is 7.91. The van der Waals surface area contributed by atoms with Crippen molar-refractivity contribution in [1.29, 1.82) is 0 Å². The Hall–Kier alpha value is -4.36. The number of aromatic amines is 2. The van der Waals surface area contributed by atoms with E-state index in [4.69, 9.17) is 9.97 Å².